The van der Waals surface area contributed by atoms with Crippen molar-refractivity contribution in [2.24, 2.45) is 0 Å². The smallest absolute Gasteiger partial charge is 0.0542 e. The van der Waals surface area contributed by atoms with Crippen molar-refractivity contribution in [3.05, 3.63) is 242 Å². The molecule has 11 aromatic carbocycles. The maximum atomic E-state index is 2.42. The number of hydrogen-bond acceptors (Lipinski definition) is 1. The molecule has 13 rings (SSSR count). The van der Waals surface area contributed by atoms with E-state index in [4.69, 9.17) is 0 Å². The normalized spacial score (nSPS) is 12.6. The van der Waals surface area contributed by atoms with Crippen LogP contribution >= 0.6 is 0 Å². The molecule has 0 spiro atoms. The SMILES string of the molecule is c1ccc(-n2c3ccccc3c3cc(N(c4ccc(-c5cccc6ccccc56)cc4)c4ccc(-c5c6ccccc6c(-c6cccc7c6CCCC7)c6ccccc56)cc4)ccc32)cc1. The van der Waals surface area contributed by atoms with Crippen LogP contribution in [0.5, 0.6) is 0 Å². The Kier molecular flexibility index (Phi) is 9.16. The van der Waals surface area contributed by atoms with Crippen molar-refractivity contribution in [1.82, 2.24) is 4.57 Å². The lowest BCUT2D eigenvalue weighted by molar-refractivity contribution is 0.687. The molecule has 0 N–H and O–H groups in total. The summed E-state index contributed by atoms with van der Waals surface area (Å²) in [5.74, 6) is 0. The van der Waals surface area contributed by atoms with Crippen LogP contribution in [0.2, 0.25) is 0 Å². The third-order valence-corrected chi connectivity index (χ3v) is 14.2. The van der Waals surface area contributed by atoms with Gasteiger partial charge in [-0.2, -0.15) is 0 Å². The average Bonchev–Trinajstić information content (AvgIpc) is 3.72. The van der Waals surface area contributed by atoms with Crippen molar-refractivity contribution in [3.63, 3.8) is 0 Å². The molecule has 1 aliphatic carbocycles. The molecule has 1 heterocycles. The molecule has 0 fully saturated rings. The van der Waals surface area contributed by atoms with Gasteiger partial charge in [-0.3, -0.25) is 0 Å². The highest BCUT2D eigenvalue weighted by atomic mass is 15.1. The second-order valence-electron chi connectivity index (χ2n) is 17.8. The minimum atomic E-state index is 1.10. The lowest BCUT2D eigenvalue weighted by Gasteiger charge is -2.26. The van der Waals surface area contributed by atoms with Crippen LogP contribution in [-0.2, 0) is 12.8 Å². The summed E-state index contributed by atoms with van der Waals surface area (Å²) in [5, 5.41) is 10.2. The van der Waals surface area contributed by atoms with Gasteiger partial charge in [0.15, 0.2) is 0 Å². The summed E-state index contributed by atoms with van der Waals surface area (Å²) in [4.78, 5) is 2.42. The second-order valence-corrected chi connectivity index (χ2v) is 17.8. The highest BCUT2D eigenvalue weighted by Gasteiger charge is 2.22. The number of aromatic nitrogens is 1. The first-order chi connectivity index (χ1) is 32.8. The van der Waals surface area contributed by atoms with Crippen LogP contribution in [0.15, 0.2) is 231 Å². The fourth-order valence-electron chi connectivity index (χ4n) is 11.2. The number of nitrogens with zero attached hydrogens (tertiary/aromatic N) is 2. The van der Waals surface area contributed by atoms with Crippen molar-refractivity contribution in [2.45, 2.75) is 25.7 Å². The van der Waals surface area contributed by atoms with Crippen molar-refractivity contribution in [1.29, 1.82) is 0 Å². The van der Waals surface area contributed by atoms with Gasteiger partial charge in [0, 0.05) is 33.5 Å². The molecule has 312 valence electrons. The highest BCUT2D eigenvalue weighted by molar-refractivity contribution is 6.22. The van der Waals surface area contributed by atoms with E-state index in [2.05, 4.69) is 240 Å². The monoisotopic (exact) mass is 842 g/mol. The van der Waals surface area contributed by atoms with Gasteiger partial charge in [-0.25, -0.2) is 0 Å². The van der Waals surface area contributed by atoms with Gasteiger partial charge >= 0.3 is 0 Å². The zero-order valence-electron chi connectivity index (χ0n) is 36.7. The van der Waals surface area contributed by atoms with Crippen LogP contribution in [0.25, 0.3) is 93.2 Å². The van der Waals surface area contributed by atoms with Crippen LogP contribution in [0.4, 0.5) is 17.1 Å². The first-order valence-corrected chi connectivity index (χ1v) is 23.4. The molecule has 0 unspecified atom stereocenters. The average molecular weight is 843 g/mol. The molecule has 0 aliphatic heterocycles. The van der Waals surface area contributed by atoms with E-state index < -0.39 is 0 Å². The van der Waals surface area contributed by atoms with Gasteiger partial charge in [0.1, 0.15) is 0 Å². The third-order valence-electron chi connectivity index (χ3n) is 14.2. The van der Waals surface area contributed by atoms with Gasteiger partial charge in [0.25, 0.3) is 0 Å². The van der Waals surface area contributed by atoms with Crippen LogP contribution < -0.4 is 4.90 Å². The number of fused-ring (bicyclic) bond motifs is 7. The number of rotatable bonds is 7. The molecule has 0 bridgehead atoms. The first kappa shape index (κ1) is 38.3. The van der Waals surface area contributed by atoms with Crippen molar-refractivity contribution < 1.29 is 0 Å². The van der Waals surface area contributed by atoms with Gasteiger partial charge < -0.3 is 9.47 Å². The maximum absolute atomic E-state index is 2.42. The lowest BCUT2D eigenvalue weighted by atomic mass is 9.81. The van der Waals surface area contributed by atoms with Crippen LogP contribution in [0.1, 0.15) is 24.0 Å². The minimum absolute atomic E-state index is 1.10. The number of aryl methyl sites for hydroxylation is 1. The molecule has 1 aliphatic rings. The minimum Gasteiger partial charge on any atom is -0.310 e. The maximum Gasteiger partial charge on any atom is 0.0542 e. The molecule has 66 heavy (non-hydrogen) atoms. The summed E-state index contributed by atoms with van der Waals surface area (Å²) in [7, 11) is 0. The quantitative estimate of drug-likeness (QED) is 0.145. The van der Waals surface area contributed by atoms with Gasteiger partial charge in [0.2, 0.25) is 0 Å². The molecule has 2 nitrogen and oxygen atoms in total. The number of benzene rings is 11. The molecule has 0 amide bonds. The van der Waals surface area contributed by atoms with Gasteiger partial charge in [0.05, 0.1) is 11.0 Å². The Morgan fingerprint density at radius 2 is 0.864 bits per heavy atom. The van der Waals surface area contributed by atoms with Gasteiger partial charge in [-0.15, -0.1) is 0 Å². The Labute approximate surface area is 385 Å². The van der Waals surface area contributed by atoms with Crippen LogP contribution in [0.3, 0.4) is 0 Å². The van der Waals surface area contributed by atoms with E-state index in [1.165, 1.54) is 118 Å². The number of hydrogen-bond donors (Lipinski definition) is 0. The van der Waals surface area contributed by atoms with E-state index in [0.29, 0.717) is 0 Å². The molecule has 12 aromatic rings. The van der Waals surface area contributed by atoms with E-state index in [1.807, 2.05) is 0 Å². The molecule has 0 saturated heterocycles. The molecule has 1 aromatic heterocycles. The number of para-hydroxylation sites is 2. The molecule has 2 heteroatoms. The fourth-order valence-corrected chi connectivity index (χ4v) is 11.2. The summed E-state index contributed by atoms with van der Waals surface area (Å²) < 4.78 is 2.39. The van der Waals surface area contributed by atoms with E-state index in [1.54, 1.807) is 0 Å². The zero-order valence-corrected chi connectivity index (χ0v) is 36.7. The summed E-state index contributed by atoms with van der Waals surface area (Å²) in [6.45, 7) is 0. The molecular weight excluding hydrogens is 797 g/mol. The largest absolute Gasteiger partial charge is 0.310 e. The number of anilines is 3. The lowest BCUT2D eigenvalue weighted by Crippen LogP contribution is -2.10. The summed E-state index contributed by atoms with van der Waals surface area (Å²) in [6, 6.07) is 85.3. The standard InChI is InChI=1S/C64H46N2/c1-2-20-47(21-3-1)66-61-31-13-12-24-54(61)60-42-50(40-41-62(60)66)65(48-36-32-45(33-37-48)52-29-14-18-43-16-4-6-22-51(43)52)49-38-34-46(35-39-49)63-56-25-8-10-27-58(56)64(59-28-11-9-26-57(59)63)55-30-15-19-44-17-5-7-23-53(44)55/h1-4,6,8-16,18-22,24-42H,5,7,17,23H2. The Morgan fingerprint density at radius 3 is 1.59 bits per heavy atom. The second kappa shape index (κ2) is 15.8. The van der Waals surface area contributed by atoms with Crippen molar-refractivity contribution in [3.8, 4) is 39.1 Å². The molecule has 0 radical (unpaired) electrons. The Bertz CT molecular complexity index is 3740. The summed E-state index contributed by atoms with van der Waals surface area (Å²) in [6.07, 6.45) is 4.83. The van der Waals surface area contributed by atoms with Gasteiger partial charge in [-0.1, -0.05) is 170 Å². The topological polar surface area (TPSA) is 8.17 Å². The van der Waals surface area contributed by atoms with E-state index >= 15 is 0 Å². The Morgan fingerprint density at radius 1 is 0.333 bits per heavy atom. The van der Waals surface area contributed by atoms with Crippen LogP contribution in [0, 0.1) is 0 Å². The molecular formula is C64H46N2. The Hall–Kier alpha value is -8.20. The fraction of sp³-hybridized carbons (Fsp3) is 0.0625. The van der Waals surface area contributed by atoms with E-state index in [0.717, 1.165) is 29.2 Å². The Balaban J connectivity index is 0.980. The van der Waals surface area contributed by atoms with Crippen molar-refractivity contribution >= 4 is 71.2 Å². The predicted molar refractivity (Wildman–Crippen MR) is 281 cm³/mol. The van der Waals surface area contributed by atoms with E-state index in [-0.39, 0.29) is 0 Å². The van der Waals surface area contributed by atoms with Gasteiger partial charge in [-0.05, 0) is 163 Å². The van der Waals surface area contributed by atoms with Crippen LogP contribution in [-0.4, -0.2) is 4.57 Å². The first-order valence-electron chi connectivity index (χ1n) is 23.4. The molecule has 0 saturated carbocycles. The third kappa shape index (κ3) is 6.25. The van der Waals surface area contributed by atoms with E-state index in [9.17, 15) is 0 Å². The molecule has 0 atom stereocenters. The van der Waals surface area contributed by atoms with Crippen molar-refractivity contribution in [2.75, 3.05) is 4.90 Å². The zero-order chi connectivity index (χ0) is 43.6. The summed E-state index contributed by atoms with van der Waals surface area (Å²) in [5.41, 5.74) is 17.6. The summed E-state index contributed by atoms with van der Waals surface area (Å²) >= 11 is 0. The highest BCUT2D eigenvalue weighted by Crippen LogP contribution is 2.47. The predicted octanol–water partition coefficient (Wildman–Crippen LogP) is 17.6.